The van der Waals surface area contributed by atoms with E-state index in [1.54, 1.807) is 21.3 Å². The summed E-state index contributed by atoms with van der Waals surface area (Å²) in [5.41, 5.74) is 13.4. The van der Waals surface area contributed by atoms with Crippen molar-refractivity contribution in [3.8, 4) is 0 Å². The average Bonchev–Trinajstić information content (AvgIpc) is 3.09. The second-order valence-corrected chi connectivity index (χ2v) is 12.7. The van der Waals surface area contributed by atoms with Crippen LogP contribution in [0.25, 0.3) is 0 Å². The van der Waals surface area contributed by atoms with Crippen LogP contribution in [0.5, 0.6) is 0 Å². The fourth-order valence-corrected chi connectivity index (χ4v) is 6.72. The minimum atomic E-state index is -0.398. The van der Waals surface area contributed by atoms with E-state index >= 15 is 0 Å². The van der Waals surface area contributed by atoms with Gasteiger partial charge in [-0.1, -0.05) is 36.4 Å². The van der Waals surface area contributed by atoms with Crippen LogP contribution in [0.15, 0.2) is 42.5 Å². The molecular formula is C39H50O12. The van der Waals surface area contributed by atoms with Gasteiger partial charge in [0.2, 0.25) is 0 Å². The van der Waals surface area contributed by atoms with E-state index in [0.29, 0.717) is 6.61 Å². The predicted molar refractivity (Wildman–Crippen MR) is 184 cm³/mol. The van der Waals surface area contributed by atoms with Gasteiger partial charge in [0.25, 0.3) is 0 Å². The van der Waals surface area contributed by atoms with Gasteiger partial charge < -0.3 is 56.8 Å². The molecule has 0 amide bonds. The van der Waals surface area contributed by atoms with Crippen LogP contribution >= 0.6 is 0 Å². The van der Waals surface area contributed by atoms with E-state index in [9.17, 15) is 0 Å². The number of fused-ring (bicyclic) bond motifs is 3. The van der Waals surface area contributed by atoms with Crippen LogP contribution in [0.3, 0.4) is 0 Å². The van der Waals surface area contributed by atoms with Crippen molar-refractivity contribution in [1.82, 2.24) is 0 Å². The van der Waals surface area contributed by atoms with Crippen LogP contribution in [-0.4, -0.2) is 82.5 Å². The number of aryl methyl sites for hydroxylation is 4. The highest BCUT2D eigenvalue weighted by atomic mass is 16.8. The zero-order valence-electron chi connectivity index (χ0n) is 29.9. The minimum Gasteiger partial charge on any atom is -0.359 e. The highest BCUT2D eigenvalue weighted by Crippen LogP contribution is 2.43. The summed E-state index contributed by atoms with van der Waals surface area (Å²) in [4.78, 5) is 0. The third kappa shape index (κ3) is 9.99. The lowest BCUT2D eigenvalue weighted by molar-refractivity contribution is -0.193. The first-order chi connectivity index (χ1) is 25.2. The van der Waals surface area contributed by atoms with Crippen LogP contribution in [0.1, 0.15) is 73.4 Å². The molecule has 0 heterocycles. The Morgan fingerprint density at radius 3 is 1.47 bits per heavy atom. The summed E-state index contributed by atoms with van der Waals surface area (Å²) in [7, 11) is 4.72. The standard InChI is InChI=1S/C39H50O12/c1-40-18-44-21-43-17-27-12-30-8-10-34(30)36(13-27)39(51-26-48-23-46-20-42-3)33-15-31-9-11-35(31)37(16-33)38(32-7-5-28-4-6-29(28)14-32)50-25-49-24-47-22-45-19-41-2/h5,7,12-16,38-39H,4,6,8-11,17-26H2,1-3H3. The molecule has 12 nitrogen and oxygen atoms in total. The molecule has 0 bridgehead atoms. The van der Waals surface area contributed by atoms with Crippen molar-refractivity contribution < 1.29 is 56.8 Å². The molecule has 3 aliphatic carbocycles. The van der Waals surface area contributed by atoms with Crippen molar-refractivity contribution in [2.45, 2.75) is 57.3 Å². The number of rotatable bonds is 26. The number of methoxy groups -OCH3 is 3. The van der Waals surface area contributed by atoms with Crippen LogP contribution in [0.4, 0.5) is 0 Å². The molecule has 0 fully saturated rings. The van der Waals surface area contributed by atoms with Gasteiger partial charge in [0.1, 0.15) is 39.4 Å². The molecule has 3 aliphatic rings. The monoisotopic (exact) mass is 710 g/mol. The third-order valence-electron chi connectivity index (χ3n) is 9.36. The summed E-state index contributed by atoms with van der Waals surface area (Å²) in [5, 5.41) is 0. The molecule has 12 heteroatoms. The maximum atomic E-state index is 6.61. The highest BCUT2D eigenvalue weighted by molar-refractivity contribution is 5.54. The molecule has 2 unspecified atom stereocenters. The number of hydrogen-bond acceptors (Lipinski definition) is 12. The van der Waals surface area contributed by atoms with Crippen molar-refractivity contribution in [1.29, 1.82) is 0 Å². The Morgan fingerprint density at radius 1 is 0.431 bits per heavy atom. The molecule has 0 spiro atoms. The largest absolute Gasteiger partial charge is 0.359 e. The molecule has 3 aromatic rings. The fraction of sp³-hybridized carbons (Fsp3) is 0.538. The van der Waals surface area contributed by atoms with Gasteiger partial charge >= 0.3 is 0 Å². The lowest BCUT2D eigenvalue weighted by Gasteiger charge is -2.33. The van der Waals surface area contributed by atoms with E-state index < -0.39 is 6.10 Å². The summed E-state index contributed by atoms with van der Waals surface area (Å²) >= 11 is 0. The topological polar surface area (TPSA) is 111 Å². The molecule has 0 aliphatic heterocycles. The molecule has 0 radical (unpaired) electrons. The number of benzene rings is 3. The van der Waals surface area contributed by atoms with Gasteiger partial charge in [0, 0.05) is 21.3 Å². The van der Waals surface area contributed by atoms with Crippen LogP contribution in [-0.2, 0) is 102 Å². The smallest absolute Gasteiger partial charge is 0.152 e. The lowest BCUT2D eigenvalue weighted by Crippen LogP contribution is -2.23. The Hall–Kier alpha value is -2.82. The molecule has 0 N–H and O–H groups in total. The lowest BCUT2D eigenvalue weighted by atomic mass is 9.76. The summed E-state index contributed by atoms with van der Waals surface area (Å²) in [6, 6.07) is 15.6. The molecule has 0 saturated carbocycles. The van der Waals surface area contributed by atoms with Crippen molar-refractivity contribution >= 4 is 0 Å². The van der Waals surface area contributed by atoms with E-state index in [1.807, 2.05) is 0 Å². The van der Waals surface area contributed by atoms with Gasteiger partial charge in [0.05, 0.1) is 6.61 Å². The van der Waals surface area contributed by atoms with Crippen LogP contribution in [0, 0.1) is 0 Å². The summed E-state index contributed by atoms with van der Waals surface area (Å²) in [5.74, 6) is 0. The third-order valence-corrected chi connectivity index (χ3v) is 9.36. The van der Waals surface area contributed by atoms with Crippen LogP contribution < -0.4 is 0 Å². The second kappa shape index (κ2) is 19.9. The van der Waals surface area contributed by atoms with E-state index in [0.717, 1.165) is 66.3 Å². The van der Waals surface area contributed by atoms with Gasteiger partial charge in [-0.05, 0) is 106 Å². The molecular weight excluding hydrogens is 660 g/mol. The first-order valence-electron chi connectivity index (χ1n) is 17.4. The molecule has 3 aromatic carbocycles. The molecule has 6 rings (SSSR count). The maximum absolute atomic E-state index is 6.61. The van der Waals surface area contributed by atoms with Crippen molar-refractivity contribution in [2.75, 3.05) is 82.5 Å². The molecule has 51 heavy (non-hydrogen) atoms. The quantitative estimate of drug-likeness (QED) is 0.0790. The molecule has 2 atom stereocenters. The molecule has 278 valence electrons. The maximum Gasteiger partial charge on any atom is 0.152 e. The fourth-order valence-electron chi connectivity index (χ4n) is 6.72. The molecule has 0 aromatic heterocycles. The van der Waals surface area contributed by atoms with Gasteiger partial charge in [-0.25, -0.2) is 0 Å². The normalized spacial score (nSPS) is 15.3. The van der Waals surface area contributed by atoms with E-state index in [-0.39, 0.29) is 67.2 Å². The predicted octanol–water partition coefficient (Wildman–Crippen LogP) is 5.37. The van der Waals surface area contributed by atoms with E-state index in [1.165, 1.54) is 33.4 Å². The summed E-state index contributed by atoms with van der Waals surface area (Å²) in [6.45, 7) is 1.27. The molecule has 0 saturated heterocycles. The van der Waals surface area contributed by atoms with Crippen molar-refractivity contribution in [3.05, 3.63) is 104 Å². The van der Waals surface area contributed by atoms with Crippen molar-refractivity contribution in [3.63, 3.8) is 0 Å². The second-order valence-electron chi connectivity index (χ2n) is 12.7. The van der Waals surface area contributed by atoms with Gasteiger partial charge in [-0.15, -0.1) is 0 Å². The summed E-state index contributed by atoms with van der Waals surface area (Å²) < 4.78 is 66.6. The zero-order valence-corrected chi connectivity index (χ0v) is 29.9. The zero-order chi connectivity index (χ0) is 35.3. The average molecular weight is 711 g/mol. The van der Waals surface area contributed by atoms with Crippen LogP contribution in [0.2, 0.25) is 0 Å². The van der Waals surface area contributed by atoms with Gasteiger partial charge in [0.15, 0.2) is 34.0 Å². The number of hydrogen-bond donors (Lipinski definition) is 0. The van der Waals surface area contributed by atoms with Crippen molar-refractivity contribution in [2.24, 2.45) is 0 Å². The Balaban J connectivity index is 1.28. The highest BCUT2D eigenvalue weighted by Gasteiger charge is 2.31. The Labute approximate surface area is 300 Å². The minimum absolute atomic E-state index is 0.0342. The van der Waals surface area contributed by atoms with Gasteiger partial charge in [-0.3, -0.25) is 0 Å². The summed E-state index contributed by atoms with van der Waals surface area (Å²) in [6.07, 6.45) is 5.41. The first-order valence-corrected chi connectivity index (χ1v) is 17.4. The Bertz CT molecular complexity index is 1550. The SMILES string of the molecule is COCOCOCOCOC(c1ccc2c(c1)CC2)c1cc(C(OCOCOCOC)c2cc(COCOCOC)cc3c2CC3)cc2c1CC2. The van der Waals surface area contributed by atoms with E-state index in [4.69, 9.17) is 56.8 Å². The van der Waals surface area contributed by atoms with E-state index in [2.05, 4.69) is 42.5 Å². The Morgan fingerprint density at radius 2 is 0.922 bits per heavy atom. The number of ether oxygens (including phenoxy) is 12. The van der Waals surface area contributed by atoms with Gasteiger partial charge in [-0.2, -0.15) is 0 Å². The first kappa shape index (κ1) is 37.9. The Kier molecular flexibility index (Phi) is 14.8.